The van der Waals surface area contributed by atoms with Crippen LogP contribution in [0.5, 0.6) is 0 Å². The minimum atomic E-state index is -3.30. The molecule has 1 aromatic heterocycles. The molecule has 0 aliphatic heterocycles. The van der Waals surface area contributed by atoms with Crippen LogP contribution in [0, 0.1) is 5.82 Å². The summed E-state index contributed by atoms with van der Waals surface area (Å²) in [5.74, 6) is 0.380. The maximum atomic E-state index is 13.4. The minimum Gasteiger partial charge on any atom is -0.370 e. The van der Waals surface area contributed by atoms with Crippen LogP contribution in [0.3, 0.4) is 0 Å². The molecule has 21 heavy (non-hydrogen) atoms. The van der Waals surface area contributed by atoms with Crippen molar-refractivity contribution in [1.82, 2.24) is 4.98 Å². The van der Waals surface area contributed by atoms with Crippen molar-refractivity contribution >= 4 is 21.5 Å². The Labute approximate surface area is 123 Å². The molecular formula is C14H16FN3O2S. The number of halogens is 1. The molecule has 0 saturated heterocycles. The van der Waals surface area contributed by atoms with Gasteiger partial charge in [-0.05, 0) is 30.2 Å². The smallest absolute Gasteiger partial charge is 0.229 e. The molecule has 2 N–H and O–H groups in total. The molecular weight excluding hydrogens is 293 g/mol. The number of nitrogens with zero attached hydrogens (tertiary/aromatic N) is 1. The van der Waals surface area contributed by atoms with E-state index in [0.29, 0.717) is 30.0 Å². The van der Waals surface area contributed by atoms with Crippen molar-refractivity contribution in [3.63, 3.8) is 0 Å². The zero-order chi connectivity index (χ0) is 15.3. The first-order valence-electron chi connectivity index (χ1n) is 6.35. The Bertz CT molecular complexity index is 702. The van der Waals surface area contributed by atoms with Crippen LogP contribution < -0.4 is 10.0 Å². The molecule has 0 amide bonds. The number of sulfonamides is 1. The summed E-state index contributed by atoms with van der Waals surface area (Å²) < 4.78 is 37.9. The van der Waals surface area contributed by atoms with Crippen molar-refractivity contribution in [2.75, 3.05) is 22.8 Å². The van der Waals surface area contributed by atoms with E-state index in [2.05, 4.69) is 15.0 Å². The summed E-state index contributed by atoms with van der Waals surface area (Å²) in [5, 5.41) is 3.06. The van der Waals surface area contributed by atoms with Crippen molar-refractivity contribution in [1.29, 1.82) is 0 Å². The number of hydrogen-bond donors (Lipinski definition) is 2. The van der Waals surface area contributed by atoms with Gasteiger partial charge in [0.05, 0.1) is 18.1 Å². The van der Waals surface area contributed by atoms with Crippen LogP contribution in [0.4, 0.5) is 15.9 Å². The lowest BCUT2D eigenvalue weighted by Gasteiger charge is -2.08. The molecule has 1 heterocycles. The summed E-state index contributed by atoms with van der Waals surface area (Å²) >= 11 is 0. The Balaban J connectivity index is 1.88. The third-order valence-corrected chi connectivity index (χ3v) is 3.33. The molecule has 0 atom stereocenters. The maximum Gasteiger partial charge on any atom is 0.229 e. The van der Waals surface area contributed by atoms with Gasteiger partial charge >= 0.3 is 0 Å². The third-order valence-electron chi connectivity index (χ3n) is 2.73. The van der Waals surface area contributed by atoms with Crippen molar-refractivity contribution in [2.45, 2.75) is 6.42 Å². The normalized spacial score (nSPS) is 11.1. The highest BCUT2D eigenvalue weighted by atomic mass is 32.2. The molecule has 1 aromatic carbocycles. The molecule has 7 heteroatoms. The third kappa shape index (κ3) is 5.03. The van der Waals surface area contributed by atoms with Crippen LogP contribution in [0.25, 0.3) is 0 Å². The second kappa shape index (κ2) is 6.53. The average Bonchev–Trinajstić information content (AvgIpc) is 2.41. The molecule has 5 nitrogen and oxygen atoms in total. The van der Waals surface area contributed by atoms with E-state index in [1.807, 2.05) is 0 Å². The average molecular weight is 309 g/mol. The molecule has 0 radical (unpaired) electrons. The Morgan fingerprint density at radius 1 is 1.19 bits per heavy atom. The molecule has 2 rings (SSSR count). The summed E-state index contributed by atoms with van der Waals surface area (Å²) in [6.07, 6.45) is 3.04. The van der Waals surface area contributed by atoms with Gasteiger partial charge < -0.3 is 5.32 Å². The summed E-state index contributed by atoms with van der Waals surface area (Å²) in [6.45, 7) is 0.535. The van der Waals surface area contributed by atoms with Crippen molar-refractivity contribution in [3.8, 4) is 0 Å². The van der Waals surface area contributed by atoms with E-state index in [9.17, 15) is 12.8 Å². The summed E-state index contributed by atoms with van der Waals surface area (Å²) in [4.78, 5) is 4.08. The molecule has 0 saturated carbocycles. The lowest BCUT2D eigenvalue weighted by Crippen LogP contribution is -2.10. The first kappa shape index (κ1) is 15.2. The highest BCUT2D eigenvalue weighted by Crippen LogP contribution is 2.11. The number of pyridine rings is 1. The molecule has 0 aliphatic carbocycles. The van der Waals surface area contributed by atoms with Crippen molar-refractivity contribution in [2.24, 2.45) is 0 Å². The van der Waals surface area contributed by atoms with Gasteiger partial charge in [0.25, 0.3) is 0 Å². The predicted octanol–water partition coefficient (Wildman–Crippen LogP) is 2.25. The van der Waals surface area contributed by atoms with E-state index >= 15 is 0 Å². The highest BCUT2D eigenvalue weighted by molar-refractivity contribution is 7.92. The summed E-state index contributed by atoms with van der Waals surface area (Å²) in [5.41, 5.74) is 1.04. The zero-order valence-corrected chi connectivity index (χ0v) is 12.3. The van der Waals surface area contributed by atoms with Gasteiger partial charge in [-0.2, -0.15) is 0 Å². The van der Waals surface area contributed by atoms with Crippen LogP contribution in [0.2, 0.25) is 0 Å². The number of anilines is 2. The minimum absolute atomic E-state index is 0.222. The first-order valence-corrected chi connectivity index (χ1v) is 8.24. The van der Waals surface area contributed by atoms with E-state index in [0.717, 1.165) is 6.26 Å². The molecule has 0 aliphatic rings. The number of rotatable bonds is 6. The number of hydrogen-bond acceptors (Lipinski definition) is 4. The van der Waals surface area contributed by atoms with E-state index in [1.54, 1.807) is 30.3 Å². The van der Waals surface area contributed by atoms with Gasteiger partial charge in [-0.25, -0.2) is 17.8 Å². The fourth-order valence-corrected chi connectivity index (χ4v) is 2.35. The number of aromatic nitrogens is 1. The van der Waals surface area contributed by atoms with Gasteiger partial charge in [0.1, 0.15) is 11.6 Å². The standard InChI is InChI=1S/C14H16FN3O2S/c1-21(19,20)18-12-6-7-14(17-10-12)16-9-8-11-4-2-3-5-13(11)15/h2-7,10,18H,8-9H2,1H3,(H,16,17). The predicted molar refractivity (Wildman–Crippen MR) is 81.3 cm³/mol. The molecule has 112 valence electrons. The zero-order valence-electron chi connectivity index (χ0n) is 11.5. The topological polar surface area (TPSA) is 71.1 Å². The van der Waals surface area contributed by atoms with Crippen LogP contribution in [-0.4, -0.2) is 26.2 Å². The van der Waals surface area contributed by atoms with Gasteiger partial charge in [0.15, 0.2) is 0 Å². The molecule has 0 fully saturated rings. The molecule has 2 aromatic rings. The van der Waals surface area contributed by atoms with Crippen molar-refractivity contribution < 1.29 is 12.8 Å². The van der Waals surface area contributed by atoms with Crippen LogP contribution in [-0.2, 0) is 16.4 Å². The van der Waals surface area contributed by atoms with E-state index in [1.165, 1.54) is 12.3 Å². The Hall–Kier alpha value is -2.15. The van der Waals surface area contributed by atoms with Gasteiger partial charge in [-0.3, -0.25) is 4.72 Å². The van der Waals surface area contributed by atoms with Gasteiger partial charge in [0.2, 0.25) is 10.0 Å². The van der Waals surface area contributed by atoms with E-state index < -0.39 is 10.0 Å². The second-order valence-electron chi connectivity index (χ2n) is 4.57. The lowest BCUT2D eigenvalue weighted by atomic mass is 10.1. The summed E-state index contributed by atoms with van der Waals surface area (Å²) in [6, 6.07) is 9.89. The first-order chi connectivity index (χ1) is 9.94. The monoisotopic (exact) mass is 309 g/mol. The van der Waals surface area contributed by atoms with Crippen molar-refractivity contribution in [3.05, 3.63) is 54.0 Å². The largest absolute Gasteiger partial charge is 0.370 e. The van der Waals surface area contributed by atoms with Crippen LogP contribution in [0.15, 0.2) is 42.6 Å². The highest BCUT2D eigenvalue weighted by Gasteiger charge is 2.03. The molecule has 0 unspecified atom stereocenters. The molecule has 0 spiro atoms. The van der Waals surface area contributed by atoms with Gasteiger partial charge in [0, 0.05) is 6.54 Å². The lowest BCUT2D eigenvalue weighted by molar-refractivity contribution is 0.606. The van der Waals surface area contributed by atoms with E-state index in [4.69, 9.17) is 0 Å². The Kier molecular flexibility index (Phi) is 4.74. The Morgan fingerprint density at radius 3 is 2.57 bits per heavy atom. The second-order valence-corrected chi connectivity index (χ2v) is 6.32. The van der Waals surface area contributed by atoms with Crippen LogP contribution >= 0.6 is 0 Å². The number of benzene rings is 1. The quantitative estimate of drug-likeness (QED) is 0.858. The van der Waals surface area contributed by atoms with E-state index in [-0.39, 0.29) is 5.82 Å². The van der Waals surface area contributed by atoms with Crippen LogP contribution in [0.1, 0.15) is 5.56 Å². The van der Waals surface area contributed by atoms with Gasteiger partial charge in [-0.1, -0.05) is 18.2 Å². The fraction of sp³-hybridized carbons (Fsp3) is 0.214. The van der Waals surface area contributed by atoms with Gasteiger partial charge in [-0.15, -0.1) is 0 Å². The SMILES string of the molecule is CS(=O)(=O)Nc1ccc(NCCc2ccccc2F)nc1. The number of nitrogens with one attached hydrogen (secondary N) is 2. The fourth-order valence-electron chi connectivity index (χ4n) is 1.80. The Morgan fingerprint density at radius 2 is 1.95 bits per heavy atom. The maximum absolute atomic E-state index is 13.4. The summed E-state index contributed by atoms with van der Waals surface area (Å²) in [7, 11) is -3.30. The molecule has 0 bridgehead atoms.